The Labute approximate surface area is 143 Å². The number of nitrogens with zero attached hydrogens (tertiary/aromatic N) is 1. The number of hydrogen-bond donors (Lipinski definition) is 2. The van der Waals surface area contributed by atoms with Crippen molar-refractivity contribution in [2.45, 2.75) is 6.42 Å². The van der Waals surface area contributed by atoms with E-state index < -0.39 is 0 Å². The van der Waals surface area contributed by atoms with Crippen LogP contribution in [0.25, 0.3) is 0 Å². The van der Waals surface area contributed by atoms with Gasteiger partial charge in [-0.05, 0) is 24.1 Å². The minimum absolute atomic E-state index is 0. The molecule has 0 saturated carbocycles. The molecule has 0 spiro atoms. The Morgan fingerprint density at radius 2 is 1.81 bits per heavy atom. The number of amides is 1. The molecule has 1 heterocycles. The minimum atomic E-state index is 0. The number of carbonyl (C=O) groups is 1. The number of carbonyl (C=O) groups excluding carboxylic acids is 1. The molecule has 7 heteroatoms. The molecular formula is C14H22Cl3N3O. The van der Waals surface area contributed by atoms with Gasteiger partial charge in [0.25, 0.3) is 0 Å². The maximum atomic E-state index is 11.8. The van der Waals surface area contributed by atoms with Gasteiger partial charge >= 0.3 is 0 Å². The first-order valence-electron chi connectivity index (χ1n) is 6.68. The molecular weight excluding hydrogens is 333 g/mol. The fourth-order valence-corrected chi connectivity index (χ4v) is 2.25. The van der Waals surface area contributed by atoms with Crippen molar-refractivity contribution in [3.63, 3.8) is 0 Å². The van der Waals surface area contributed by atoms with Crippen LogP contribution in [0.15, 0.2) is 24.3 Å². The molecule has 0 aliphatic carbocycles. The molecule has 1 saturated heterocycles. The SMILES string of the molecule is Cl.Cl.O=C(CN1CCNCC1)NCCc1ccc(Cl)cc1. The molecule has 0 radical (unpaired) electrons. The first-order chi connectivity index (χ1) is 9.24. The maximum absolute atomic E-state index is 11.8. The van der Waals surface area contributed by atoms with Crippen molar-refractivity contribution < 1.29 is 4.79 Å². The number of halogens is 3. The van der Waals surface area contributed by atoms with Gasteiger partial charge in [-0.2, -0.15) is 0 Å². The van der Waals surface area contributed by atoms with Gasteiger partial charge in [0, 0.05) is 37.7 Å². The van der Waals surface area contributed by atoms with E-state index in [-0.39, 0.29) is 30.7 Å². The third-order valence-electron chi connectivity index (χ3n) is 3.23. The van der Waals surface area contributed by atoms with E-state index in [9.17, 15) is 4.79 Å². The van der Waals surface area contributed by atoms with Gasteiger partial charge in [-0.1, -0.05) is 23.7 Å². The second kappa shape index (κ2) is 11.1. The van der Waals surface area contributed by atoms with E-state index in [0.29, 0.717) is 13.1 Å². The smallest absolute Gasteiger partial charge is 0.234 e. The van der Waals surface area contributed by atoms with Crippen molar-refractivity contribution in [1.29, 1.82) is 0 Å². The number of benzene rings is 1. The van der Waals surface area contributed by atoms with Crippen LogP contribution in [0, 0.1) is 0 Å². The Bertz CT molecular complexity index is 408. The van der Waals surface area contributed by atoms with Crippen LogP contribution in [0.1, 0.15) is 5.56 Å². The fourth-order valence-electron chi connectivity index (χ4n) is 2.13. The number of piperazine rings is 1. The summed E-state index contributed by atoms with van der Waals surface area (Å²) in [5.41, 5.74) is 1.19. The standard InChI is InChI=1S/C14H20ClN3O.2ClH/c15-13-3-1-12(2-4-13)5-6-17-14(19)11-18-9-7-16-8-10-18;;/h1-4,16H,5-11H2,(H,17,19);2*1H. The summed E-state index contributed by atoms with van der Waals surface area (Å²) < 4.78 is 0. The van der Waals surface area contributed by atoms with Crippen LogP contribution in [0.5, 0.6) is 0 Å². The number of rotatable bonds is 5. The Balaban J connectivity index is 0.00000200. The molecule has 1 aromatic carbocycles. The van der Waals surface area contributed by atoms with E-state index in [1.807, 2.05) is 24.3 Å². The van der Waals surface area contributed by atoms with Crippen molar-refractivity contribution in [2.24, 2.45) is 0 Å². The van der Waals surface area contributed by atoms with Crippen molar-refractivity contribution in [2.75, 3.05) is 39.3 Å². The van der Waals surface area contributed by atoms with Crippen LogP contribution in [0.3, 0.4) is 0 Å². The van der Waals surface area contributed by atoms with Crippen molar-refractivity contribution in [3.05, 3.63) is 34.9 Å². The summed E-state index contributed by atoms with van der Waals surface area (Å²) in [4.78, 5) is 13.9. The van der Waals surface area contributed by atoms with Gasteiger partial charge in [-0.25, -0.2) is 0 Å². The summed E-state index contributed by atoms with van der Waals surface area (Å²) in [6, 6.07) is 7.73. The zero-order chi connectivity index (χ0) is 13.5. The number of nitrogens with one attached hydrogen (secondary N) is 2. The third-order valence-corrected chi connectivity index (χ3v) is 3.48. The van der Waals surface area contributed by atoms with E-state index in [4.69, 9.17) is 11.6 Å². The third kappa shape index (κ3) is 7.88. The average molecular weight is 355 g/mol. The van der Waals surface area contributed by atoms with Crippen LogP contribution in [-0.4, -0.2) is 50.1 Å². The molecule has 1 aromatic rings. The molecule has 1 fully saturated rings. The molecule has 1 aliphatic rings. The van der Waals surface area contributed by atoms with E-state index >= 15 is 0 Å². The predicted octanol–water partition coefficient (Wildman–Crippen LogP) is 1.75. The summed E-state index contributed by atoms with van der Waals surface area (Å²) >= 11 is 5.82. The highest BCUT2D eigenvalue weighted by molar-refractivity contribution is 6.30. The van der Waals surface area contributed by atoms with Crippen LogP contribution < -0.4 is 10.6 Å². The molecule has 0 bridgehead atoms. The average Bonchev–Trinajstić information content (AvgIpc) is 2.42. The van der Waals surface area contributed by atoms with Crippen LogP contribution in [-0.2, 0) is 11.2 Å². The molecule has 2 rings (SSSR count). The van der Waals surface area contributed by atoms with Gasteiger partial charge in [-0.3, -0.25) is 9.69 Å². The monoisotopic (exact) mass is 353 g/mol. The van der Waals surface area contributed by atoms with Crippen molar-refractivity contribution in [1.82, 2.24) is 15.5 Å². The van der Waals surface area contributed by atoms with Gasteiger partial charge in [0.2, 0.25) is 5.91 Å². The second-order valence-corrected chi connectivity index (χ2v) is 5.19. The molecule has 0 atom stereocenters. The molecule has 1 aliphatic heterocycles. The molecule has 1 amide bonds. The highest BCUT2D eigenvalue weighted by atomic mass is 35.5. The molecule has 4 nitrogen and oxygen atoms in total. The van der Waals surface area contributed by atoms with E-state index in [1.165, 1.54) is 5.56 Å². The first-order valence-corrected chi connectivity index (χ1v) is 7.06. The van der Waals surface area contributed by atoms with E-state index in [0.717, 1.165) is 37.6 Å². The molecule has 0 aromatic heterocycles. The Hall–Kier alpha value is -0.520. The van der Waals surface area contributed by atoms with Gasteiger partial charge < -0.3 is 10.6 Å². The lowest BCUT2D eigenvalue weighted by atomic mass is 10.1. The molecule has 21 heavy (non-hydrogen) atoms. The first kappa shape index (κ1) is 20.5. The summed E-state index contributed by atoms with van der Waals surface area (Å²) in [6.07, 6.45) is 0.838. The van der Waals surface area contributed by atoms with Crippen LogP contribution in [0.2, 0.25) is 5.02 Å². The lowest BCUT2D eigenvalue weighted by Crippen LogP contribution is -2.47. The van der Waals surface area contributed by atoms with E-state index in [1.54, 1.807) is 0 Å². The normalized spacial score (nSPS) is 14.7. The molecule has 0 unspecified atom stereocenters. The topological polar surface area (TPSA) is 44.4 Å². The predicted molar refractivity (Wildman–Crippen MR) is 92.0 cm³/mol. The summed E-state index contributed by atoms with van der Waals surface area (Å²) in [5.74, 6) is 0.107. The Kier molecular flexibility index (Phi) is 10.8. The largest absolute Gasteiger partial charge is 0.355 e. The highest BCUT2D eigenvalue weighted by Gasteiger charge is 2.12. The highest BCUT2D eigenvalue weighted by Crippen LogP contribution is 2.09. The summed E-state index contributed by atoms with van der Waals surface area (Å²) in [5, 5.41) is 6.97. The number of hydrogen-bond acceptors (Lipinski definition) is 3. The van der Waals surface area contributed by atoms with Gasteiger partial charge in [0.1, 0.15) is 0 Å². The fraction of sp³-hybridized carbons (Fsp3) is 0.500. The molecule has 2 N–H and O–H groups in total. The van der Waals surface area contributed by atoms with Crippen molar-refractivity contribution >= 4 is 42.3 Å². The Morgan fingerprint density at radius 3 is 2.43 bits per heavy atom. The summed E-state index contributed by atoms with van der Waals surface area (Å²) in [6.45, 7) is 5.01. The summed E-state index contributed by atoms with van der Waals surface area (Å²) in [7, 11) is 0. The van der Waals surface area contributed by atoms with Crippen molar-refractivity contribution in [3.8, 4) is 0 Å². The zero-order valence-corrected chi connectivity index (χ0v) is 14.2. The lowest BCUT2D eigenvalue weighted by molar-refractivity contribution is -0.122. The van der Waals surface area contributed by atoms with Crippen LogP contribution in [0.4, 0.5) is 0 Å². The minimum Gasteiger partial charge on any atom is -0.355 e. The second-order valence-electron chi connectivity index (χ2n) is 4.75. The van der Waals surface area contributed by atoms with Gasteiger partial charge in [0.15, 0.2) is 0 Å². The zero-order valence-electron chi connectivity index (χ0n) is 11.8. The molecule has 120 valence electrons. The van der Waals surface area contributed by atoms with Crippen LogP contribution >= 0.6 is 36.4 Å². The maximum Gasteiger partial charge on any atom is 0.234 e. The Morgan fingerprint density at radius 1 is 1.19 bits per heavy atom. The van der Waals surface area contributed by atoms with Gasteiger partial charge in [-0.15, -0.1) is 24.8 Å². The van der Waals surface area contributed by atoms with E-state index in [2.05, 4.69) is 15.5 Å². The quantitative estimate of drug-likeness (QED) is 0.847. The lowest BCUT2D eigenvalue weighted by Gasteiger charge is -2.26. The van der Waals surface area contributed by atoms with Gasteiger partial charge in [0.05, 0.1) is 6.54 Å².